The molecule has 1 saturated carbocycles. The van der Waals surface area contributed by atoms with E-state index in [0.717, 1.165) is 12.1 Å². The number of rotatable bonds is 9. The first-order chi connectivity index (χ1) is 33.2. The fraction of sp³-hybridized carbons (Fsp3) is 0.138. The number of benzene rings is 9. The van der Waals surface area contributed by atoms with E-state index in [1.807, 2.05) is 0 Å². The minimum Gasteiger partial charge on any atom is -0.313 e. The highest BCUT2D eigenvalue weighted by atomic mass is 15.2. The number of anilines is 2. The number of hydrogen-bond acceptors (Lipinski definition) is 1. The van der Waals surface area contributed by atoms with Gasteiger partial charge in [-0.1, -0.05) is 208 Å². The molecule has 2 nitrogen and oxygen atoms in total. The van der Waals surface area contributed by atoms with Crippen LogP contribution in [0.5, 0.6) is 0 Å². The van der Waals surface area contributed by atoms with E-state index in [-0.39, 0.29) is 5.92 Å². The van der Waals surface area contributed by atoms with Crippen LogP contribution >= 0.6 is 0 Å². The first-order valence-corrected chi connectivity index (χ1v) is 24.3. The van der Waals surface area contributed by atoms with Crippen molar-refractivity contribution in [2.45, 2.75) is 51.4 Å². The molecule has 9 aromatic carbocycles. The summed E-state index contributed by atoms with van der Waals surface area (Å²) in [6, 6.07) is 78.8. The molecule has 2 aliphatic rings. The van der Waals surface area contributed by atoms with E-state index in [1.54, 1.807) is 0 Å². The van der Waals surface area contributed by atoms with E-state index in [2.05, 4.69) is 241 Å². The van der Waals surface area contributed by atoms with Gasteiger partial charge in [-0.05, 0) is 117 Å². The Morgan fingerprint density at radius 3 is 1.82 bits per heavy atom. The molecule has 2 heteroatoms. The van der Waals surface area contributed by atoms with Crippen LogP contribution in [-0.2, 0) is 0 Å². The van der Waals surface area contributed by atoms with Gasteiger partial charge in [0.15, 0.2) is 0 Å². The summed E-state index contributed by atoms with van der Waals surface area (Å²) in [4.78, 5) is 2.61. The van der Waals surface area contributed by atoms with Crippen molar-refractivity contribution >= 4 is 49.5 Å². The lowest BCUT2D eigenvalue weighted by Crippen LogP contribution is -2.24. The van der Waals surface area contributed by atoms with Gasteiger partial charge in [-0.3, -0.25) is 0 Å². The molecular weight excluding hydrogens is 809 g/mol. The van der Waals surface area contributed by atoms with Crippen molar-refractivity contribution in [1.82, 2.24) is 4.57 Å². The van der Waals surface area contributed by atoms with Gasteiger partial charge in [0.05, 0.1) is 22.4 Å². The third kappa shape index (κ3) is 7.47. The van der Waals surface area contributed by atoms with Crippen LogP contribution in [0.3, 0.4) is 0 Å². The number of allylic oxidation sites excluding steroid dienone is 4. The van der Waals surface area contributed by atoms with E-state index in [0.29, 0.717) is 5.92 Å². The molecule has 0 N–H and O–H groups in total. The van der Waals surface area contributed by atoms with Gasteiger partial charge in [0.2, 0.25) is 0 Å². The Bertz CT molecular complexity index is 3470. The van der Waals surface area contributed by atoms with Gasteiger partial charge in [-0.15, -0.1) is 0 Å². The molecular formula is C65H54N2. The summed E-state index contributed by atoms with van der Waals surface area (Å²) in [5.41, 5.74) is 18.8. The Labute approximate surface area is 394 Å². The first kappa shape index (κ1) is 40.8. The van der Waals surface area contributed by atoms with Crippen molar-refractivity contribution in [2.75, 3.05) is 4.90 Å². The zero-order valence-electron chi connectivity index (χ0n) is 38.2. The van der Waals surface area contributed by atoms with Gasteiger partial charge >= 0.3 is 0 Å². The number of hydrogen-bond donors (Lipinski definition) is 0. The predicted molar refractivity (Wildman–Crippen MR) is 285 cm³/mol. The maximum atomic E-state index is 2.61. The van der Waals surface area contributed by atoms with Crippen LogP contribution < -0.4 is 4.90 Å². The van der Waals surface area contributed by atoms with Gasteiger partial charge in [0.25, 0.3) is 0 Å². The fourth-order valence-electron chi connectivity index (χ4n) is 11.4. The molecule has 1 aromatic heterocycles. The Balaban J connectivity index is 1.05. The van der Waals surface area contributed by atoms with Crippen LogP contribution in [0.1, 0.15) is 62.5 Å². The van der Waals surface area contributed by atoms with Crippen molar-refractivity contribution < 1.29 is 0 Å². The van der Waals surface area contributed by atoms with Gasteiger partial charge in [0, 0.05) is 39.2 Å². The lowest BCUT2D eigenvalue weighted by Gasteiger charge is -2.36. The second-order valence-corrected chi connectivity index (χ2v) is 18.7. The lowest BCUT2D eigenvalue weighted by atomic mass is 9.80. The molecule has 324 valence electrons. The van der Waals surface area contributed by atoms with E-state index in [4.69, 9.17) is 0 Å². The Kier molecular flexibility index (Phi) is 10.7. The summed E-state index contributed by atoms with van der Waals surface area (Å²) in [7, 11) is 0. The van der Waals surface area contributed by atoms with Crippen LogP contribution in [-0.4, -0.2) is 4.57 Å². The average Bonchev–Trinajstić information content (AvgIpc) is 3.73. The molecule has 1 heterocycles. The van der Waals surface area contributed by atoms with Crippen molar-refractivity contribution in [3.63, 3.8) is 0 Å². The van der Waals surface area contributed by atoms with E-state index >= 15 is 0 Å². The number of para-hydroxylation sites is 4. The van der Waals surface area contributed by atoms with Crippen LogP contribution in [0.2, 0.25) is 0 Å². The highest BCUT2D eigenvalue weighted by Gasteiger charge is 2.29. The summed E-state index contributed by atoms with van der Waals surface area (Å²) in [6.07, 6.45) is 12.2. The molecule has 1 unspecified atom stereocenters. The first-order valence-electron chi connectivity index (χ1n) is 24.3. The third-order valence-corrected chi connectivity index (χ3v) is 14.7. The molecule has 0 amide bonds. The summed E-state index contributed by atoms with van der Waals surface area (Å²) in [5.74, 6) is 0.804. The zero-order chi connectivity index (χ0) is 44.7. The van der Waals surface area contributed by atoms with Gasteiger partial charge < -0.3 is 9.47 Å². The Hall–Kier alpha value is -7.68. The second-order valence-electron chi connectivity index (χ2n) is 18.7. The highest BCUT2D eigenvalue weighted by Crippen LogP contribution is 2.49. The van der Waals surface area contributed by atoms with Crippen molar-refractivity contribution in [3.05, 3.63) is 241 Å². The second kappa shape index (κ2) is 17.6. The molecule has 1 atom stereocenters. The minimum atomic E-state index is 0.225. The standard InChI is InChI=1S/C65H54N2/c1-45-43-51(48-37-35-47(36-38-48)46-19-5-2-6-20-46)40-42-60(45)67(63-34-16-13-29-57(63)59-31-18-24-50-23-17-30-55(65(50)59)49-21-7-3-8-22-49)61-32-14-11-27-54(61)52-39-41-58-56-28-12-15-33-62(56)66(64(58)44-52)53-25-9-4-10-26-53/h2,4-6,9-20,23-42,44-45,49H,3,7-8,21-22,43H2,1H3. The van der Waals surface area contributed by atoms with Gasteiger partial charge in [-0.25, -0.2) is 0 Å². The monoisotopic (exact) mass is 862 g/mol. The third-order valence-electron chi connectivity index (χ3n) is 14.7. The van der Waals surface area contributed by atoms with Crippen LogP contribution in [0, 0.1) is 5.92 Å². The molecule has 67 heavy (non-hydrogen) atoms. The van der Waals surface area contributed by atoms with Crippen molar-refractivity contribution in [1.29, 1.82) is 0 Å². The molecule has 0 radical (unpaired) electrons. The maximum Gasteiger partial charge on any atom is 0.0547 e. The summed E-state index contributed by atoms with van der Waals surface area (Å²) < 4.78 is 2.43. The summed E-state index contributed by atoms with van der Waals surface area (Å²) in [5, 5.41) is 5.24. The van der Waals surface area contributed by atoms with Crippen molar-refractivity contribution in [3.8, 4) is 39.1 Å². The SMILES string of the molecule is CC1CC(c2ccc(-c3ccccc3)cc2)=CC=C1N(c1ccccc1-c1ccc2c3ccccc3n(-c3ccccc3)c2c1)c1ccccc1-c1cccc2cccc(C3CCCCC3)c12. The van der Waals surface area contributed by atoms with E-state index in [9.17, 15) is 0 Å². The molecule has 1 fully saturated rings. The highest BCUT2D eigenvalue weighted by molar-refractivity contribution is 6.11. The minimum absolute atomic E-state index is 0.225. The average molecular weight is 863 g/mol. The zero-order valence-corrected chi connectivity index (χ0v) is 38.2. The normalized spacial score (nSPS) is 15.4. The number of nitrogens with zero attached hydrogens (tertiary/aromatic N) is 2. The molecule has 10 aromatic rings. The molecule has 2 aliphatic carbocycles. The lowest BCUT2D eigenvalue weighted by molar-refractivity contribution is 0.445. The topological polar surface area (TPSA) is 8.17 Å². The van der Waals surface area contributed by atoms with E-state index < -0.39 is 0 Å². The predicted octanol–water partition coefficient (Wildman–Crippen LogP) is 18.1. The largest absolute Gasteiger partial charge is 0.313 e. The smallest absolute Gasteiger partial charge is 0.0547 e. The van der Waals surface area contributed by atoms with Crippen molar-refractivity contribution in [2.24, 2.45) is 5.92 Å². The van der Waals surface area contributed by atoms with Crippen LogP contribution in [0.4, 0.5) is 11.4 Å². The molecule has 0 saturated heterocycles. The molecule has 0 aliphatic heterocycles. The fourth-order valence-corrected chi connectivity index (χ4v) is 11.4. The number of fused-ring (bicyclic) bond motifs is 4. The van der Waals surface area contributed by atoms with Gasteiger partial charge in [-0.2, -0.15) is 0 Å². The number of aromatic nitrogens is 1. The quantitative estimate of drug-likeness (QED) is 0.140. The maximum absolute atomic E-state index is 2.61. The van der Waals surface area contributed by atoms with E-state index in [1.165, 1.54) is 132 Å². The Morgan fingerprint density at radius 1 is 0.448 bits per heavy atom. The molecule has 12 rings (SSSR count). The molecule has 0 bridgehead atoms. The van der Waals surface area contributed by atoms with Crippen LogP contribution in [0.25, 0.3) is 77.2 Å². The van der Waals surface area contributed by atoms with Crippen LogP contribution in [0.15, 0.2) is 230 Å². The molecule has 0 spiro atoms. The summed E-state index contributed by atoms with van der Waals surface area (Å²) >= 11 is 0. The Morgan fingerprint density at radius 2 is 1.04 bits per heavy atom. The van der Waals surface area contributed by atoms with Gasteiger partial charge in [0.1, 0.15) is 0 Å². The summed E-state index contributed by atoms with van der Waals surface area (Å²) in [6.45, 7) is 2.42.